The van der Waals surface area contributed by atoms with Gasteiger partial charge in [-0.25, -0.2) is 4.79 Å². The van der Waals surface area contributed by atoms with Crippen molar-refractivity contribution in [3.05, 3.63) is 0 Å². The third-order valence-electron chi connectivity index (χ3n) is 2.65. The Kier molecular flexibility index (Phi) is 4.38. The van der Waals surface area contributed by atoms with Crippen molar-refractivity contribution in [1.29, 1.82) is 0 Å². The van der Waals surface area contributed by atoms with E-state index in [-0.39, 0.29) is 6.03 Å². The van der Waals surface area contributed by atoms with Gasteiger partial charge in [0.2, 0.25) is 0 Å². The standard InChI is InChI=1S/C10H19N3O3/c14-10(13-3-5-15-6-4-13)12-2-1-11-7-9-8-16-9/h9,11H,1-8H2,(H,12,14)/t9-/m1/s1. The van der Waals surface area contributed by atoms with E-state index in [1.165, 1.54) is 0 Å². The van der Waals surface area contributed by atoms with Crippen LogP contribution >= 0.6 is 0 Å². The fourth-order valence-electron chi connectivity index (χ4n) is 1.59. The Labute approximate surface area is 95.3 Å². The Bertz CT molecular complexity index is 227. The second-order valence-corrected chi connectivity index (χ2v) is 3.99. The van der Waals surface area contributed by atoms with Crippen LogP contribution in [0.5, 0.6) is 0 Å². The van der Waals surface area contributed by atoms with Crippen molar-refractivity contribution in [3.8, 4) is 0 Å². The molecule has 2 heterocycles. The number of hydrogen-bond acceptors (Lipinski definition) is 4. The molecule has 6 heteroatoms. The monoisotopic (exact) mass is 229 g/mol. The summed E-state index contributed by atoms with van der Waals surface area (Å²) < 4.78 is 10.2. The number of hydrogen-bond donors (Lipinski definition) is 2. The van der Waals surface area contributed by atoms with Crippen molar-refractivity contribution in [3.63, 3.8) is 0 Å². The number of carbonyl (C=O) groups is 1. The number of ether oxygens (including phenoxy) is 2. The molecule has 0 radical (unpaired) electrons. The minimum atomic E-state index is 0.00720. The molecule has 2 fully saturated rings. The summed E-state index contributed by atoms with van der Waals surface area (Å²) >= 11 is 0. The Morgan fingerprint density at radius 1 is 1.31 bits per heavy atom. The van der Waals surface area contributed by atoms with Crippen LogP contribution in [0, 0.1) is 0 Å². The first-order chi connectivity index (χ1) is 7.86. The molecule has 1 atom stereocenters. The van der Waals surface area contributed by atoms with Crippen LogP contribution < -0.4 is 10.6 Å². The van der Waals surface area contributed by atoms with E-state index in [9.17, 15) is 4.79 Å². The van der Waals surface area contributed by atoms with Crippen molar-refractivity contribution in [2.45, 2.75) is 6.10 Å². The van der Waals surface area contributed by atoms with E-state index in [1.54, 1.807) is 4.90 Å². The van der Waals surface area contributed by atoms with Crippen molar-refractivity contribution < 1.29 is 14.3 Å². The molecule has 2 N–H and O–H groups in total. The minimum absolute atomic E-state index is 0.00720. The molecule has 92 valence electrons. The van der Waals surface area contributed by atoms with Crippen LogP contribution in [-0.2, 0) is 9.47 Å². The van der Waals surface area contributed by atoms with E-state index in [2.05, 4.69) is 10.6 Å². The van der Waals surface area contributed by atoms with Gasteiger partial charge in [-0.05, 0) is 0 Å². The highest BCUT2D eigenvalue weighted by Crippen LogP contribution is 2.05. The van der Waals surface area contributed by atoms with E-state index in [0.29, 0.717) is 39.0 Å². The summed E-state index contributed by atoms with van der Waals surface area (Å²) in [6, 6.07) is 0.00720. The molecule has 0 aromatic carbocycles. The number of morpholine rings is 1. The van der Waals surface area contributed by atoms with Crippen LogP contribution in [0.2, 0.25) is 0 Å². The van der Waals surface area contributed by atoms with Crippen LogP contribution in [0.4, 0.5) is 4.79 Å². The molecule has 0 aromatic rings. The summed E-state index contributed by atoms with van der Waals surface area (Å²) in [6.45, 7) is 5.86. The number of carbonyl (C=O) groups excluding carboxylic acids is 1. The van der Waals surface area contributed by atoms with Gasteiger partial charge in [-0.2, -0.15) is 0 Å². The SMILES string of the molecule is O=C(NCCNC[C@@H]1CO1)N1CCOCC1. The third-order valence-corrected chi connectivity index (χ3v) is 2.65. The predicted octanol–water partition coefficient (Wildman–Crippen LogP) is -0.983. The first-order valence-corrected chi connectivity index (χ1v) is 5.79. The zero-order chi connectivity index (χ0) is 11.2. The molecular formula is C10H19N3O3. The van der Waals surface area contributed by atoms with Crippen molar-refractivity contribution in [2.75, 3.05) is 52.5 Å². The molecule has 2 aliphatic heterocycles. The lowest BCUT2D eigenvalue weighted by Crippen LogP contribution is -2.47. The predicted molar refractivity (Wildman–Crippen MR) is 58.4 cm³/mol. The molecule has 6 nitrogen and oxygen atoms in total. The van der Waals surface area contributed by atoms with Gasteiger partial charge < -0.3 is 25.0 Å². The van der Waals surface area contributed by atoms with Crippen LogP contribution in [-0.4, -0.2) is 69.6 Å². The number of urea groups is 1. The second-order valence-electron chi connectivity index (χ2n) is 3.99. The van der Waals surface area contributed by atoms with E-state index in [1.807, 2.05) is 0 Å². The molecule has 2 amide bonds. The van der Waals surface area contributed by atoms with Gasteiger partial charge in [0.05, 0.1) is 25.9 Å². The highest BCUT2D eigenvalue weighted by molar-refractivity contribution is 5.74. The Morgan fingerprint density at radius 2 is 2.06 bits per heavy atom. The first-order valence-electron chi connectivity index (χ1n) is 5.79. The molecule has 2 aliphatic rings. The molecule has 0 aromatic heterocycles. The summed E-state index contributed by atoms with van der Waals surface area (Å²) in [5.41, 5.74) is 0. The zero-order valence-corrected chi connectivity index (χ0v) is 9.41. The quantitative estimate of drug-likeness (QED) is 0.469. The molecular weight excluding hydrogens is 210 g/mol. The maximum atomic E-state index is 11.6. The topological polar surface area (TPSA) is 66.1 Å². The number of epoxide rings is 1. The molecule has 0 spiro atoms. The van der Waals surface area contributed by atoms with Crippen molar-refractivity contribution in [1.82, 2.24) is 15.5 Å². The molecule has 0 saturated carbocycles. The van der Waals surface area contributed by atoms with Crippen molar-refractivity contribution >= 4 is 6.03 Å². The third kappa shape index (κ3) is 3.96. The van der Waals surface area contributed by atoms with Gasteiger partial charge >= 0.3 is 6.03 Å². The normalized spacial score (nSPS) is 24.2. The number of nitrogens with one attached hydrogen (secondary N) is 2. The fourth-order valence-corrected chi connectivity index (χ4v) is 1.59. The van der Waals surface area contributed by atoms with E-state index < -0.39 is 0 Å². The summed E-state index contributed by atoms with van der Waals surface area (Å²) in [5, 5.41) is 6.10. The molecule has 0 bridgehead atoms. The lowest BCUT2D eigenvalue weighted by molar-refractivity contribution is 0.0533. The summed E-state index contributed by atoms with van der Waals surface area (Å²) in [7, 11) is 0. The van der Waals surface area contributed by atoms with Gasteiger partial charge in [0, 0.05) is 32.7 Å². The van der Waals surface area contributed by atoms with Crippen LogP contribution in [0.25, 0.3) is 0 Å². The number of rotatable bonds is 5. The second kappa shape index (κ2) is 6.03. The van der Waals surface area contributed by atoms with Gasteiger partial charge in [-0.1, -0.05) is 0 Å². The molecule has 2 saturated heterocycles. The maximum absolute atomic E-state index is 11.6. The Balaban J connectivity index is 1.48. The number of amides is 2. The van der Waals surface area contributed by atoms with E-state index in [0.717, 1.165) is 19.7 Å². The molecule has 16 heavy (non-hydrogen) atoms. The average molecular weight is 229 g/mol. The lowest BCUT2D eigenvalue weighted by Gasteiger charge is -2.26. The smallest absolute Gasteiger partial charge is 0.317 e. The number of nitrogens with zero attached hydrogens (tertiary/aromatic N) is 1. The first kappa shape index (κ1) is 11.6. The summed E-state index contributed by atoms with van der Waals surface area (Å²) in [4.78, 5) is 13.4. The highest BCUT2D eigenvalue weighted by Gasteiger charge is 2.21. The minimum Gasteiger partial charge on any atom is -0.378 e. The van der Waals surface area contributed by atoms with E-state index in [4.69, 9.17) is 9.47 Å². The fraction of sp³-hybridized carbons (Fsp3) is 0.900. The van der Waals surface area contributed by atoms with Crippen molar-refractivity contribution in [2.24, 2.45) is 0 Å². The Morgan fingerprint density at radius 3 is 2.75 bits per heavy atom. The van der Waals surface area contributed by atoms with Gasteiger partial charge in [-0.15, -0.1) is 0 Å². The highest BCUT2D eigenvalue weighted by atomic mass is 16.6. The molecule has 2 rings (SSSR count). The summed E-state index contributed by atoms with van der Waals surface area (Å²) in [6.07, 6.45) is 0.398. The largest absolute Gasteiger partial charge is 0.378 e. The Hall–Kier alpha value is -0.850. The van der Waals surface area contributed by atoms with Gasteiger partial charge in [0.1, 0.15) is 0 Å². The summed E-state index contributed by atoms with van der Waals surface area (Å²) in [5.74, 6) is 0. The maximum Gasteiger partial charge on any atom is 0.317 e. The lowest BCUT2D eigenvalue weighted by atomic mass is 10.4. The molecule has 0 unspecified atom stereocenters. The van der Waals surface area contributed by atoms with Crippen LogP contribution in [0.3, 0.4) is 0 Å². The van der Waals surface area contributed by atoms with Crippen LogP contribution in [0.1, 0.15) is 0 Å². The van der Waals surface area contributed by atoms with Crippen LogP contribution in [0.15, 0.2) is 0 Å². The van der Waals surface area contributed by atoms with Gasteiger partial charge in [-0.3, -0.25) is 0 Å². The molecule has 0 aliphatic carbocycles. The zero-order valence-electron chi connectivity index (χ0n) is 9.41. The van der Waals surface area contributed by atoms with Gasteiger partial charge in [0.15, 0.2) is 0 Å². The van der Waals surface area contributed by atoms with E-state index >= 15 is 0 Å². The van der Waals surface area contributed by atoms with Gasteiger partial charge in [0.25, 0.3) is 0 Å². The average Bonchev–Trinajstić information content (AvgIpc) is 3.13.